The van der Waals surface area contributed by atoms with Crippen molar-refractivity contribution in [2.75, 3.05) is 0 Å². The normalized spacial score (nSPS) is 12.6. The first-order chi connectivity index (χ1) is 16.7. The number of sulfonamides is 1. The first-order valence-electron chi connectivity index (χ1n) is 10.6. The summed E-state index contributed by atoms with van der Waals surface area (Å²) in [6.45, 7) is 5.18. The molecule has 36 heavy (non-hydrogen) atoms. The minimum atomic E-state index is -4.70. The van der Waals surface area contributed by atoms with Crippen LogP contribution in [0.3, 0.4) is 0 Å². The predicted molar refractivity (Wildman–Crippen MR) is 130 cm³/mol. The van der Waals surface area contributed by atoms with Gasteiger partial charge in [-0.3, -0.25) is 4.57 Å². The molecule has 188 valence electrons. The van der Waals surface area contributed by atoms with Gasteiger partial charge in [0.15, 0.2) is 5.69 Å². The maximum absolute atomic E-state index is 13.6. The van der Waals surface area contributed by atoms with Gasteiger partial charge in [-0.1, -0.05) is 35.9 Å². The first-order valence-corrected chi connectivity index (χ1v) is 12.5. The Labute approximate surface area is 211 Å². The number of nitrogens with zero attached hydrogens (tertiary/aromatic N) is 4. The smallest absolute Gasteiger partial charge is 0.274 e. The Balaban J connectivity index is 1.74. The minimum Gasteiger partial charge on any atom is -0.274 e. The molecule has 0 radical (unpaired) electrons. The number of aromatic nitrogens is 4. The lowest BCUT2D eigenvalue weighted by atomic mass is 10.1. The number of imidazole rings is 1. The molecular weight excluding hydrogens is 515 g/mol. The summed E-state index contributed by atoms with van der Waals surface area (Å²) in [5.74, 6) is -0.244. The average Bonchev–Trinajstić information content (AvgIpc) is 3.28. The average molecular weight is 536 g/mol. The lowest BCUT2D eigenvalue weighted by Gasteiger charge is -2.20. The first kappa shape index (κ1) is 25.8. The monoisotopic (exact) mass is 535 g/mol. The van der Waals surface area contributed by atoms with Gasteiger partial charge in [0, 0.05) is 27.9 Å². The number of hydrogen-bond donors (Lipinski definition) is 1. The van der Waals surface area contributed by atoms with Crippen molar-refractivity contribution in [2.45, 2.75) is 37.4 Å². The molecule has 0 saturated carbocycles. The van der Waals surface area contributed by atoms with Gasteiger partial charge in [0.2, 0.25) is 16.0 Å². The van der Waals surface area contributed by atoms with Crippen molar-refractivity contribution in [1.82, 2.24) is 24.2 Å². The summed E-state index contributed by atoms with van der Waals surface area (Å²) in [7, 11) is -3.80. The molecule has 0 aliphatic heterocycles. The predicted octanol–water partition coefficient (Wildman–Crippen LogP) is 5.75. The Kier molecular flexibility index (Phi) is 6.67. The van der Waals surface area contributed by atoms with E-state index in [1.807, 2.05) is 0 Å². The van der Waals surface area contributed by atoms with Crippen molar-refractivity contribution in [3.8, 4) is 28.5 Å². The molecule has 0 aliphatic rings. The summed E-state index contributed by atoms with van der Waals surface area (Å²) in [5, 5.41) is 0.435. The van der Waals surface area contributed by atoms with Gasteiger partial charge in [0.25, 0.3) is 0 Å². The molecule has 0 spiro atoms. The maximum Gasteiger partial charge on any atom is 0.433 e. The summed E-state index contributed by atoms with van der Waals surface area (Å²) in [4.78, 5) is 12.2. The summed E-state index contributed by atoms with van der Waals surface area (Å²) in [6, 6.07) is 13.2. The summed E-state index contributed by atoms with van der Waals surface area (Å²) in [5.41, 5.74) is -0.529. The van der Waals surface area contributed by atoms with E-state index >= 15 is 0 Å². The standard InChI is InChI=1S/C24H21ClF3N5O2S/c1-23(2,3)32-36(34,35)18-6-4-5-16(11-18)20-13-33(14-29-20)22-30-19(12-21(31-22)24(26,27)28)15-7-9-17(25)10-8-15/h4-14,32H,1-3H3. The second-order valence-electron chi connectivity index (χ2n) is 8.99. The molecule has 0 atom stereocenters. The van der Waals surface area contributed by atoms with Crippen LogP contribution in [-0.2, 0) is 16.2 Å². The molecule has 7 nitrogen and oxygen atoms in total. The number of halogens is 4. The van der Waals surface area contributed by atoms with E-state index in [9.17, 15) is 21.6 Å². The van der Waals surface area contributed by atoms with Crippen LogP contribution in [0.5, 0.6) is 0 Å². The summed E-state index contributed by atoms with van der Waals surface area (Å²) < 4.78 is 70.0. The van der Waals surface area contributed by atoms with Gasteiger partial charge >= 0.3 is 6.18 Å². The molecule has 12 heteroatoms. The van der Waals surface area contributed by atoms with Gasteiger partial charge in [0.05, 0.1) is 16.3 Å². The Morgan fingerprint density at radius 3 is 2.25 bits per heavy atom. The van der Waals surface area contributed by atoms with E-state index < -0.39 is 27.4 Å². The molecule has 0 aliphatic carbocycles. The lowest BCUT2D eigenvalue weighted by molar-refractivity contribution is -0.141. The molecule has 0 bridgehead atoms. The van der Waals surface area contributed by atoms with Gasteiger partial charge in [0.1, 0.15) is 6.33 Å². The Morgan fingerprint density at radius 1 is 0.917 bits per heavy atom. The van der Waals surface area contributed by atoms with Crippen molar-refractivity contribution in [3.05, 3.63) is 77.8 Å². The number of nitrogens with one attached hydrogen (secondary N) is 1. The SMILES string of the molecule is CC(C)(C)NS(=O)(=O)c1cccc(-c2cn(-c3nc(-c4ccc(Cl)cc4)cc(C(F)(F)F)n3)cn2)c1. The van der Waals surface area contributed by atoms with Crippen LogP contribution < -0.4 is 4.72 Å². The number of hydrogen-bond acceptors (Lipinski definition) is 5. The van der Waals surface area contributed by atoms with Crippen LogP contribution in [0.1, 0.15) is 26.5 Å². The molecular formula is C24H21ClF3N5O2S. The van der Waals surface area contributed by atoms with Crippen molar-refractivity contribution in [2.24, 2.45) is 0 Å². The van der Waals surface area contributed by atoms with Crippen molar-refractivity contribution < 1.29 is 21.6 Å². The summed E-state index contributed by atoms with van der Waals surface area (Å²) in [6.07, 6.45) is -2.00. The van der Waals surface area contributed by atoms with E-state index in [1.165, 1.54) is 29.2 Å². The zero-order valence-electron chi connectivity index (χ0n) is 19.4. The molecule has 4 rings (SSSR count). The number of alkyl halides is 3. The Hall–Kier alpha value is -3.28. The highest BCUT2D eigenvalue weighted by atomic mass is 35.5. The Bertz CT molecular complexity index is 1510. The van der Waals surface area contributed by atoms with Crippen LogP contribution >= 0.6 is 11.6 Å². The van der Waals surface area contributed by atoms with E-state index in [0.717, 1.165) is 6.07 Å². The highest BCUT2D eigenvalue weighted by Gasteiger charge is 2.34. The van der Waals surface area contributed by atoms with Crippen LogP contribution in [0.25, 0.3) is 28.5 Å². The number of benzene rings is 2. The molecule has 1 N–H and O–H groups in total. The molecule has 0 saturated heterocycles. The molecule has 4 aromatic rings. The van der Waals surface area contributed by atoms with E-state index in [2.05, 4.69) is 19.7 Å². The highest BCUT2D eigenvalue weighted by Crippen LogP contribution is 2.31. The van der Waals surface area contributed by atoms with Gasteiger partial charge < -0.3 is 0 Å². The fourth-order valence-electron chi connectivity index (χ4n) is 3.33. The van der Waals surface area contributed by atoms with E-state index in [-0.39, 0.29) is 16.5 Å². The van der Waals surface area contributed by atoms with E-state index in [1.54, 1.807) is 57.2 Å². The van der Waals surface area contributed by atoms with E-state index in [0.29, 0.717) is 21.8 Å². The van der Waals surface area contributed by atoms with Crippen molar-refractivity contribution in [1.29, 1.82) is 0 Å². The largest absolute Gasteiger partial charge is 0.433 e. The van der Waals surface area contributed by atoms with Crippen molar-refractivity contribution >= 4 is 21.6 Å². The lowest BCUT2D eigenvalue weighted by Crippen LogP contribution is -2.40. The second-order valence-corrected chi connectivity index (χ2v) is 11.1. The summed E-state index contributed by atoms with van der Waals surface area (Å²) >= 11 is 5.90. The van der Waals surface area contributed by atoms with Gasteiger partial charge in [-0.05, 0) is 51.1 Å². The molecule has 0 fully saturated rings. The van der Waals surface area contributed by atoms with Crippen LogP contribution in [-0.4, -0.2) is 33.5 Å². The van der Waals surface area contributed by atoms with Crippen LogP contribution in [0, 0.1) is 0 Å². The molecule has 0 amide bonds. The molecule has 2 aromatic carbocycles. The second kappa shape index (κ2) is 9.30. The third kappa shape index (κ3) is 5.92. The third-order valence-corrected chi connectivity index (χ3v) is 6.85. The van der Waals surface area contributed by atoms with Crippen LogP contribution in [0.15, 0.2) is 72.0 Å². The van der Waals surface area contributed by atoms with Gasteiger partial charge in [-0.25, -0.2) is 28.1 Å². The molecule has 2 heterocycles. The molecule has 2 aromatic heterocycles. The third-order valence-electron chi connectivity index (χ3n) is 4.84. The number of rotatable bonds is 5. The zero-order chi connectivity index (χ0) is 26.3. The van der Waals surface area contributed by atoms with Crippen molar-refractivity contribution in [3.63, 3.8) is 0 Å². The topological polar surface area (TPSA) is 89.8 Å². The van der Waals surface area contributed by atoms with Gasteiger partial charge in [-0.15, -0.1) is 0 Å². The Morgan fingerprint density at radius 2 is 1.61 bits per heavy atom. The van der Waals surface area contributed by atoms with Crippen LogP contribution in [0.2, 0.25) is 5.02 Å². The zero-order valence-corrected chi connectivity index (χ0v) is 20.9. The van der Waals surface area contributed by atoms with Gasteiger partial charge in [-0.2, -0.15) is 13.2 Å². The fraction of sp³-hybridized carbons (Fsp3) is 0.208. The van der Waals surface area contributed by atoms with E-state index in [4.69, 9.17) is 11.6 Å². The fourth-order valence-corrected chi connectivity index (χ4v) is 4.92. The maximum atomic E-state index is 13.6. The quantitative estimate of drug-likeness (QED) is 0.352. The highest BCUT2D eigenvalue weighted by molar-refractivity contribution is 7.89. The van der Waals surface area contributed by atoms with Crippen LogP contribution in [0.4, 0.5) is 13.2 Å². The molecule has 0 unspecified atom stereocenters. The minimum absolute atomic E-state index is 0.0322.